The Bertz CT molecular complexity index is 578. The van der Waals surface area contributed by atoms with Crippen LogP contribution in [0.15, 0.2) is 24.3 Å². The van der Waals surface area contributed by atoms with Gasteiger partial charge in [0.1, 0.15) is 12.4 Å². The van der Waals surface area contributed by atoms with Crippen LogP contribution in [0.3, 0.4) is 0 Å². The molecule has 0 saturated carbocycles. The van der Waals surface area contributed by atoms with Crippen molar-refractivity contribution < 1.29 is 18.8 Å². The number of hydrogen-bond donors (Lipinski definition) is 0. The zero-order valence-corrected chi connectivity index (χ0v) is 17.0. The molecular formula is C20H32BNO4. The van der Waals surface area contributed by atoms with Gasteiger partial charge in [0.25, 0.3) is 0 Å². The van der Waals surface area contributed by atoms with Crippen molar-refractivity contribution in [3.05, 3.63) is 24.3 Å². The van der Waals surface area contributed by atoms with Gasteiger partial charge in [0, 0.05) is 19.6 Å². The van der Waals surface area contributed by atoms with Crippen LogP contribution in [-0.4, -0.2) is 61.7 Å². The molecule has 1 aromatic rings. The molecule has 1 aromatic carbocycles. The van der Waals surface area contributed by atoms with E-state index in [-0.39, 0.29) is 30.5 Å². The lowest BCUT2D eigenvalue weighted by Crippen LogP contribution is -2.46. The molecule has 2 aliphatic heterocycles. The maximum Gasteiger partial charge on any atom is 0.494 e. The summed E-state index contributed by atoms with van der Waals surface area (Å²) in [6, 6.07) is 8.03. The Hall–Kier alpha value is -1.08. The average Bonchev–Trinajstić information content (AvgIpc) is 2.75. The van der Waals surface area contributed by atoms with E-state index < -0.39 is 0 Å². The molecule has 0 amide bonds. The molecule has 26 heavy (non-hydrogen) atoms. The first kappa shape index (κ1) is 19.7. The fourth-order valence-electron chi connectivity index (χ4n) is 3.46. The highest BCUT2D eigenvalue weighted by Crippen LogP contribution is 2.36. The minimum atomic E-state index is -0.328. The van der Waals surface area contributed by atoms with Crippen molar-refractivity contribution in [1.29, 1.82) is 0 Å². The number of morpholine rings is 1. The average molecular weight is 361 g/mol. The van der Waals surface area contributed by atoms with Gasteiger partial charge in [0.15, 0.2) is 0 Å². The molecule has 0 aliphatic carbocycles. The van der Waals surface area contributed by atoms with E-state index in [9.17, 15) is 0 Å². The number of hydrogen-bond acceptors (Lipinski definition) is 5. The standard InChI is InChI=1S/C20H32BNO4/c1-15-13-22(14-16(2)24-15)11-12-23-18-9-7-17(8-10-18)21-25-19(3,4)20(5,6)26-21/h7-10,15-16H,11-14H2,1-6H3. The molecule has 0 bridgehead atoms. The summed E-state index contributed by atoms with van der Waals surface area (Å²) in [5, 5.41) is 0. The molecule has 0 aromatic heterocycles. The van der Waals surface area contributed by atoms with E-state index in [1.807, 2.05) is 24.3 Å². The van der Waals surface area contributed by atoms with Gasteiger partial charge < -0.3 is 18.8 Å². The van der Waals surface area contributed by atoms with Crippen molar-refractivity contribution >= 4 is 12.6 Å². The highest BCUT2D eigenvalue weighted by molar-refractivity contribution is 6.62. The molecule has 0 spiro atoms. The molecule has 0 N–H and O–H groups in total. The second-order valence-electron chi connectivity index (χ2n) is 8.52. The van der Waals surface area contributed by atoms with Crippen molar-refractivity contribution in [2.45, 2.75) is 65.0 Å². The summed E-state index contributed by atoms with van der Waals surface area (Å²) >= 11 is 0. The van der Waals surface area contributed by atoms with Crippen molar-refractivity contribution in [1.82, 2.24) is 4.90 Å². The van der Waals surface area contributed by atoms with E-state index in [4.69, 9.17) is 18.8 Å². The van der Waals surface area contributed by atoms with Crippen molar-refractivity contribution in [2.75, 3.05) is 26.2 Å². The normalized spacial score (nSPS) is 28.3. The molecule has 5 nitrogen and oxygen atoms in total. The van der Waals surface area contributed by atoms with Gasteiger partial charge >= 0.3 is 7.12 Å². The maximum atomic E-state index is 6.09. The zero-order chi connectivity index (χ0) is 18.9. The van der Waals surface area contributed by atoms with Gasteiger partial charge in [-0.15, -0.1) is 0 Å². The van der Waals surface area contributed by atoms with Crippen LogP contribution in [0.25, 0.3) is 0 Å². The van der Waals surface area contributed by atoms with Crippen molar-refractivity contribution in [3.8, 4) is 5.75 Å². The quantitative estimate of drug-likeness (QED) is 0.754. The Kier molecular flexibility index (Phi) is 5.68. The van der Waals surface area contributed by atoms with Crippen LogP contribution in [0.2, 0.25) is 0 Å². The lowest BCUT2D eigenvalue weighted by atomic mass is 9.79. The Balaban J connectivity index is 1.49. The number of rotatable bonds is 5. The lowest BCUT2D eigenvalue weighted by molar-refractivity contribution is -0.0699. The highest BCUT2D eigenvalue weighted by atomic mass is 16.7. The summed E-state index contributed by atoms with van der Waals surface area (Å²) < 4.78 is 23.9. The Labute approximate surface area is 158 Å². The Morgan fingerprint density at radius 1 is 1.00 bits per heavy atom. The fourth-order valence-corrected chi connectivity index (χ4v) is 3.46. The predicted octanol–water partition coefficient (Wildman–Crippen LogP) is 2.47. The summed E-state index contributed by atoms with van der Waals surface area (Å²) in [6.07, 6.45) is 0.580. The van der Waals surface area contributed by atoms with E-state index in [1.54, 1.807) is 0 Å². The largest absolute Gasteiger partial charge is 0.494 e. The number of benzene rings is 1. The minimum Gasteiger partial charge on any atom is -0.492 e. The van der Waals surface area contributed by atoms with Crippen LogP contribution in [0.1, 0.15) is 41.5 Å². The third-order valence-corrected chi connectivity index (χ3v) is 5.58. The highest BCUT2D eigenvalue weighted by Gasteiger charge is 2.51. The third kappa shape index (κ3) is 4.42. The van der Waals surface area contributed by atoms with E-state index in [1.165, 1.54) is 0 Å². The topological polar surface area (TPSA) is 40.2 Å². The van der Waals surface area contributed by atoms with Crippen LogP contribution in [0, 0.1) is 0 Å². The van der Waals surface area contributed by atoms with Crippen molar-refractivity contribution in [2.24, 2.45) is 0 Å². The van der Waals surface area contributed by atoms with Crippen LogP contribution >= 0.6 is 0 Å². The van der Waals surface area contributed by atoms with Crippen LogP contribution in [0.4, 0.5) is 0 Å². The molecular weight excluding hydrogens is 329 g/mol. The smallest absolute Gasteiger partial charge is 0.492 e. The van der Waals surface area contributed by atoms with Crippen LogP contribution in [-0.2, 0) is 14.0 Å². The Morgan fingerprint density at radius 2 is 1.54 bits per heavy atom. The molecule has 144 valence electrons. The first-order chi connectivity index (χ1) is 12.2. The van der Waals surface area contributed by atoms with Gasteiger partial charge in [-0.25, -0.2) is 0 Å². The molecule has 2 atom stereocenters. The Morgan fingerprint density at radius 3 is 2.08 bits per heavy atom. The zero-order valence-electron chi connectivity index (χ0n) is 17.0. The maximum absolute atomic E-state index is 6.09. The second kappa shape index (κ2) is 7.51. The van der Waals surface area contributed by atoms with E-state index in [0.717, 1.165) is 30.8 Å². The summed E-state index contributed by atoms with van der Waals surface area (Å²) in [5.41, 5.74) is 0.380. The molecule has 2 saturated heterocycles. The fraction of sp³-hybridized carbons (Fsp3) is 0.700. The minimum absolute atomic E-state index is 0.290. The third-order valence-electron chi connectivity index (χ3n) is 5.58. The summed E-state index contributed by atoms with van der Waals surface area (Å²) in [6.45, 7) is 16.0. The SMILES string of the molecule is CC1CN(CCOc2ccc(B3OC(C)(C)C(C)(C)O3)cc2)CC(C)O1. The number of ether oxygens (including phenoxy) is 2. The monoisotopic (exact) mass is 361 g/mol. The van der Waals surface area contributed by atoms with E-state index >= 15 is 0 Å². The summed E-state index contributed by atoms with van der Waals surface area (Å²) in [7, 11) is -0.328. The molecule has 2 heterocycles. The summed E-state index contributed by atoms with van der Waals surface area (Å²) in [5.74, 6) is 0.875. The lowest BCUT2D eigenvalue weighted by Gasteiger charge is -2.35. The molecule has 2 aliphatic rings. The van der Waals surface area contributed by atoms with Gasteiger partial charge in [-0.05, 0) is 59.1 Å². The van der Waals surface area contributed by atoms with Crippen LogP contribution < -0.4 is 10.2 Å². The molecule has 3 rings (SSSR count). The van der Waals surface area contributed by atoms with Gasteiger partial charge in [0.2, 0.25) is 0 Å². The molecule has 2 unspecified atom stereocenters. The van der Waals surface area contributed by atoms with Gasteiger partial charge in [0.05, 0.1) is 23.4 Å². The van der Waals surface area contributed by atoms with Gasteiger partial charge in [-0.2, -0.15) is 0 Å². The molecule has 6 heteroatoms. The first-order valence-corrected chi connectivity index (χ1v) is 9.62. The first-order valence-electron chi connectivity index (χ1n) is 9.62. The summed E-state index contributed by atoms with van der Waals surface area (Å²) in [4.78, 5) is 2.40. The van der Waals surface area contributed by atoms with E-state index in [0.29, 0.717) is 6.61 Å². The van der Waals surface area contributed by atoms with Gasteiger partial charge in [-0.3, -0.25) is 4.90 Å². The van der Waals surface area contributed by atoms with E-state index in [2.05, 4.69) is 46.4 Å². The van der Waals surface area contributed by atoms with Crippen LogP contribution in [0.5, 0.6) is 5.75 Å². The van der Waals surface area contributed by atoms with Gasteiger partial charge in [-0.1, -0.05) is 12.1 Å². The molecule has 0 radical (unpaired) electrons. The number of nitrogens with zero attached hydrogens (tertiary/aromatic N) is 1. The molecule has 2 fully saturated rings. The predicted molar refractivity (Wildman–Crippen MR) is 104 cm³/mol. The second-order valence-corrected chi connectivity index (χ2v) is 8.52. The van der Waals surface area contributed by atoms with Crippen molar-refractivity contribution in [3.63, 3.8) is 0 Å².